The first-order valence-corrected chi connectivity index (χ1v) is 8.50. The number of aliphatic carboxylic acids is 1. The van der Waals surface area contributed by atoms with Crippen molar-refractivity contribution >= 4 is 22.6 Å². The zero-order valence-corrected chi connectivity index (χ0v) is 15.4. The summed E-state index contributed by atoms with van der Waals surface area (Å²) < 4.78 is 5.22. The molecule has 0 atom stereocenters. The molecule has 0 aliphatic carbocycles. The number of amides is 1. The molecule has 0 spiro atoms. The smallest absolute Gasteiger partial charge is 0.322 e. The number of aromatic hydroxyl groups is 1. The van der Waals surface area contributed by atoms with Crippen LogP contribution >= 0.6 is 0 Å². The second kappa shape index (κ2) is 7.91. The van der Waals surface area contributed by atoms with Gasteiger partial charge in [-0.3, -0.25) is 9.59 Å². The van der Waals surface area contributed by atoms with Crippen LogP contribution in [0.3, 0.4) is 0 Å². The number of methoxy groups -OCH3 is 1. The number of hydrogen-bond donors (Lipinski definition) is 3. The van der Waals surface area contributed by atoms with Crippen molar-refractivity contribution in [1.29, 1.82) is 0 Å². The number of nitrogens with one attached hydrogen (secondary N) is 1. The standard InChI is InChI=1S/C20H19N3O5/c1-11-22-16(19(26)18(23-11)20(27)21-10-17(24)25)8-12-3-4-14-9-15(28-2)6-5-13(14)7-12/h3-7,9,26H,8,10H2,1-2H3,(H,21,27)(H,24,25). The number of aromatic nitrogens is 2. The van der Waals surface area contributed by atoms with Crippen LogP contribution < -0.4 is 10.1 Å². The molecule has 3 rings (SSSR count). The number of carboxylic acids is 1. The molecule has 8 nitrogen and oxygen atoms in total. The molecule has 0 radical (unpaired) electrons. The summed E-state index contributed by atoms with van der Waals surface area (Å²) in [4.78, 5) is 30.9. The minimum Gasteiger partial charge on any atom is -0.504 e. The van der Waals surface area contributed by atoms with Gasteiger partial charge in [-0.2, -0.15) is 0 Å². The molecule has 28 heavy (non-hydrogen) atoms. The largest absolute Gasteiger partial charge is 0.504 e. The summed E-state index contributed by atoms with van der Waals surface area (Å²) in [5.74, 6) is -1.24. The first kappa shape index (κ1) is 19.1. The van der Waals surface area contributed by atoms with E-state index in [0.717, 1.165) is 22.1 Å². The lowest BCUT2D eigenvalue weighted by Crippen LogP contribution is -2.30. The second-order valence-electron chi connectivity index (χ2n) is 6.22. The van der Waals surface area contributed by atoms with Gasteiger partial charge < -0.3 is 20.3 Å². The van der Waals surface area contributed by atoms with E-state index in [-0.39, 0.29) is 17.9 Å². The Balaban J connectivity index is 1.90. The number of carbonyl (C=O) groups excluding carboxylic acids is 1. The van der Waals surface area contributed by atoms with Crippen LogP contribution in [0.25, 0.3) is 10.8 Å². The van der Waals surface area contributed by atoms with Crippen LogP contribution in [0.2, 0.25) is 0 Å². The summed E-state index contributed by atoms with van der Waals surface area (Å²) in [5, 5.41) is 23.3. The van der Waals surface area contributed by atoms with Gasteiger partial charge in [0.1, 0.15) is 18.1 Å². The Bertz CT molecular complexity index is 1070. The molecular formula is C20H19N3O5. The molecule has 0 unspecified atom stereocenters. The van der Waals surface area contributed by atoms with Gasteiger partial charge in [-0.1, -0.05) is 24.3 Å². The molecule has 8 heteroatoms. The summed E-state index contributed by atoms with van der Waals surface area (Å²) in [6, 6.07) is 11.5. The number of aryl methyl sites for hydroxylation is 1. The van der Waals surface area contributed by atoms with Gasteiger partial charge in [0.2, 0.25) is 0 Å². The summed E-state index contributed by atoms with van der Waals surface area (Å²) in [6.07, 6.45) is 0.288. The Morgan fingerprint density at radius 1 is 1.11 bits per heavy atom. The maximum absolute atomic E-state index is 12.1. The Morgan fingerprint density at radius 2 is 1.82 bits per heavy atom. The van der Waals surface area contributed by atoms with E-state index in [0.29, 0.717) is 11.5 Å². The van der Waals surface area contributed by atoms with E-state index in [1.54, 1.807) is 14.0 Å². The van der Waals surface area contributed by atoms with Crippen LogP contribution in [0, 0.1) is 6.92 Å². The van der Waals surface area contributed by atoms with Gasteiger partial charge >= 0.3 is 5.97 Å². The molecular weight excluding hydrogens is 362 g/mol. The lowest BCUT2D eigenvalue weighted by atomic mass is 10.0. The molecule has 3 N–H and O–H groups in total. The molecule has 0 saturated heterocycles. The van der Waals surface area contributed by atoms with E-state index in [1.807, 2.05) is 36.4 Å². The number of hydrogen-bond acceptors (Lipinski definition) is 6. The van der Waals surface area contributed by atoms with Crippen molar-refractivity contribution in [2.75, 3.05) is 13.7 Å². The summed E-state index contributed by atoms with van der Waals surface area (Å²) >= 11 is 0. The highest BCUT2D eigenvalue weighted by atomic mass is 16.5. The van der Waals surface area contributed by atoms with Gasteiger partial charge in [-0.15, -0.1) is 0 Å². The monoisotopic (exact) mass is 381 g/mol. The van der Waals surface area contributed by atoms with Crippen molar-refractivity contribution in [3.63, 3.8) is 0 Å². The highest BCUT2D eigenvalue weighted by molar-refractivity contribution is 5.96. The van der Waals surface area contributed by atoms with Crippen LogP contribution in [-0.2, 0) is 11.2 Å². The quantitative estimate of drug-likeness (QED) is 0.597. The second-order valence-corrected chi connectivity index (χ2v) is 6.22. The van der Waals surface area contributed by atoms with Crippen LogP contribution in [-0.4, -0.2) is 45.7 Å². The Kier molecular flexibility index (Phi) is 5.39. The predicted octanol–water partition coefficient (Wildman–Crippen LogP) is 2.06. The predicted molar refractivity (Wildman–Crippen MR) is 102 cm³/mol. The molecule has 0 saturated carbocycles. The number of nitrogens with zero attached hydrogens (tertiary/aromatic N) is 2. The Morgan fingerprint density at radius 3 is 2.54 bits per heavy atom. The van der Waals surface area contributed by atoms with E-state index in [4.69, 9.17) is 9.84 Å². The summed E-state index contributed by atoms with van der Waals surface area (Å²) in [5.41, 5.74) is 0.943. The van der Waals surface area contributed by atoms with Gasteiger partial charge in [-0.25, -0.2) is 9.97 Å². The third-order valence-corrected chi connectivity index (χ3v) is 4.17. The summed E-state index contributed by atoms with van der Waals surface area (Å²) in [6.45, 7) is 1.04. The van der Waals surface area contributed by atoms with Crippen LogP contribution in [0.15, 0.2) is 36.4 Å². The number of carboxylic acid groups (broad SMARTS) is 1. The van der Waals surface area contributed by atoms with E-state index < -0.39 is 18.4 Å². The minimum atomic E-state index is -1.19. The molecule has 2 aromatic carbocycles. The number of rotatable bonds is 6. The van der Waals surface area contributed by atoms with E-state index >= 15 is 0 Å². The molecule has 1 heterocycles. The van der Waals surface area contributed by atoms with Gasteiger partial charge in [0.15, 0.2) is 11.4 Å². The molecule has 1 amide bonds. The zero-order chi connectivity index (χ0) is 20.3. The van der Waals surface area contributed by atoms with Crippen molar-refractivity contribution in [1.82, 2.24) is 15.3 Å². The van der Waals surface area contributed by atoms with Crippen LogP contribution in [0.5, 0.6) is 11.5 Å². The molecule has 0 bridgehead atoms. The van der Waals surface area contributed by atoms with Crippen molar-refractivity contribution in [3.05, 3.63) is 59.2 Å². The Hall–Kier alpha value is -3.68. The fourth-order valence-corrected chi connectivity index (χ4v) is 2.85. The summed E-state index contributed by atoms with van der Waals surface area (Å²) in [7, 11) is 1.61. The van der Waals surface area contributed by atoms with Crippen molar-refractivity contribution in [3.8, 4) is 11.5 Å². The normalized spacial score (nSPS) is 10.6. The zero-order valence-electron chi connectivity index (χ0n) is 15.4. The molecule has 0 fully saturated rings. The average Bonchev–Trinajstić information content (AvgIpc) is 2.68. The third kappa shape index (κ3) is 4.17. The lowest BCUT2D eigenvalue weighted by molar-refractivity contribution is -0.135. The molecule has 0 aliphatic rings. The molecule has 1 aromatic heterocycles. The lowest BCUT2D eigenvalue weighted by Gasteiger charge is -2.10. The first-order valence-electron chi connectivity index (χ1n) is 8.50. The third-order valence-electron chi connectivity index (χ3n) is 4.17. The van der Waals surface area contributed by atoms with E-state index in [1.165, 1.54) is 0 Å². The van der Waals surface area contributed by atoms with Gasteiger partial charge in [0.05, 0.1) is 12.8 Å². The van der Waals surface area contributed by atoms with Crippen molar-refractivity contribution in [2.45, 2.75) is 13.3 Å². The van der Waals surface area contributed by atoms with Crippen molar-refractivity contribution in [2.24, 2.45) is 0 Å². The SMILES string of the molecule is COc1ccc2cc(Cc3nc(C)nc(C(=O)NCC(=O)O)c3O)ccc2c1. The maximum atomic E-state index is 12.1. The van der Waals surface area contributed by atoms with Crippen LogP contribution in [0.1, 0.15) is 27.6 Å². The highest BCUT2D eigenvalue weighted by Crippen LogP contribution is 2.26. The van der Waals surface area contributed by atoms with Gasteiger partial charge in [0, 0.05) is 6.42 Å². The fourth-order valence-electron chi connectivity index (χ4n) is 2.85. The van der Waals surface area contributed by atoms with E-state index in [2.05, 4.69) is 15.3 Å². The molecule has 0 aliphatic heterocycles. The average molecular weight is 381 g/mol. The minimum absolute atomic E-state index is 0.241. The number of ether oxygens (including phenoxy) is 1. The number of carbonyl (C=O) groups is 2. The van der Waals surface area contributed by atoms with Gasteiger partial charge in [0.25, 0.3) is 5.91 Å². The Labute approximate surface area is 160 Å². The molecule has 144 valence electrons. The van der Waals surface area contributed by atoms with E-state index in [9.17, 15) is 14.7 Å². The van der Waals surface area contributed by atoms with Gasteiger partial charge in [-0.05, 0) is 35.4 Å². The number of benzene rings is 2. The van der Waals surface area contributed by atoms with Crippen LogP contribution in [0.4, 0.5) is 0 Å². The topological polar surface area (TPSA) is 122 Å². The maximum Gasteiger partial charge on any atom is 0.322 e. The molecule has 3 aromatic rings. The fraction of sp³-hybridized carbons (Fsp3) is 0.200. The first-order chi connectivity index (χ1) is 13.4. The van der Waals surface area contributed by atoms with Crippen molar-refractivity contribution < 1.29 is 24.5 Å². The number of fused-ring (bicyclic) bond motifs is 1. The highest BCUT2D eigenvalue weighted by Gasteiger charge is 2.19.